The Kier molecular flexibility index (Phi) is 4.45. The van der Waals surface area contributed by atoms with Gasteiger partial charge in [0.05, 0.1) is 5.60 Å². The quantitative estimate of drug-likeness (QED) is 0.866. The lowest BCUT2D eigenvalue weighted by molar-refractivity contribution is -0.145. The molecular weight excluding hydrogens is 254 g/mol. The maximum absolute atomic E-state index is 11.7. The molecule has 0 aliphatic carbocycles. The molecule has 0 amide bonds. The summed E-state index contributed by atoms with van der Waals surface area (Å²) in [5, 5.41) is 20.1. The van der Waals surface area contributed by atoms with E-state index in [1.165, 1.54) is 0 Å². The maximum atomic E-state index is 11.7. The van der Waals surface area contributed by atoms with Crippen molar-refractivity contribution >= 4 is 5.97 Å². The first-order valence-corrected chi connectivity index (χ1v) is 7.28. The molecule has 2 N–H and O–H groups in total. The van der Waals surface area contributed by atoms with E-state index in [1.54, 1.807) is 0 Å². The first-order chi connectivity index (χ1) is 9.50. The highest BCUT2D eigenvalue weighted by molar-refractivity contribution is 5.76. The highest BCUT2D eigenvalue weighted by Crippen LogP contribution is 2.32. The Bertz CT molecular complexity index is 482. The molecule has 110 valence electrons. The molecule has 0 bridgehead atoms. The lowest BCUT2D eigenvalue weighted by Gasteiger charge is -2.39. The van der Waals surface area contributed by atoms with Gasteiger partial charge in [-0.3, -0.25) is 9.69 Å². The normalized spacial score (nSPS) is 19.6. The number of hydrogen-bond donors (Lipinski definition) is 2. The summed E-state index contributed by atoms with van der Waals surface area (Å²) in [5.41, 5.74) is 1.16. The van der Waals surface area contributed by atoms with Gasteiger partial charge in [-0.1, -0.05) is 38.1 Å². The lowest BCUT2D eigenvalue weighted by Crippen LogP contribution is -2.48. The predicted octanol–water partition coefficient (Wildman–Crippen LogP) is 2.22. The van der Waals surface area contributed by atoms with E-state index in [-0.39, 0.29) is 0 Å². The van der Waals surface area contributed by atoms with Crippen molar-refractivity contribution in [2.75, 3.05) is 13.1 Å². The summed E-state index contributed by atoms with van der Waals surface area (Å²) in [6.45, 7) is 4.97. The fourth-order valence-corrected chi connectivity index (χ4v) is 2.93. The van der Waals surface area contributed by atoms with Crippen molar-refractivity contribution in [3.63, 3.8) is 0 Å². The number of nitrogens with zero attached hydrogens (tertiary/aromatic N) is 1. The summed E-state index contributed by atoms with van der Waals surface area (Å²) >= 11 is 0. The second-order valence-electron chi connectivity index (χ2n) is 5.59. The molecule has 4 heteroatoms. The first kappa shape index (κ1) is 15.0. The molecule has 0 fully saturated rings. The Morgan fingerprint density at radius 3 is 2.60 bits per heavy atom. The third-order valence-corrected chi connectivity index (χ3v) is 4.43. The monoisotopic (exact) mass is 277 g/mol. The van der Waals surface area contributed by atoms with Crippen LogP contribution in [0.3, 0.4) is 0 Å². The average Bonchev–Trinajstić information content (AvgIpc) is 2.46. The SMILES string of the molecule is CCC(O)(CC)CN1CCc2ccccc2C1C(=O)O. The fraction of sp³-hybridized carbons (Fsp3) is 0.562. The minimum Gasteiger partial charge on any atom is -0.480 e. The van der Waals surface area contributed by atoms with E-state index >= 15 is 0 Å². The van der Waals surface area contributed by atoms with Crippen LogP contribution >= 0.6 is 0 Å². The number of carbonyl (C=O) groups is 1. The third kappa shape index (κ3) is 2.86. The zero-order chi connectivity index (χ0) is 14.8. The molecule has 0 spiro atoms. The lowest BCUT2D eigenvalue weighted by atomic mass is 9.89. The minimum absolute atomic E-state index is 0.408. The van der Waals surface area contributed by atoms with Crippen molar-refractivity contribution in [1.29, 1.82) is 0 Å². The van der Waals surface area contributed by atoms with Gasteiger partial charge in [0.25, 0.3) is 0 Å². The highest BCUT2D eigenvalue weighted by atomic mass is 16.4. The van der Waals surface area contributed by atoms with Crippen LogP contribution in [0, 0.1) is 0 Å². The van der Waals surface area contributed by atoms with Crippen LogP contribution in [0.15, 0.2) is 24.3 Å². The molecule has 1 unspecified atom stereocenters. The summed E-state index contributed by atoms with van der Waals surface area (Å²) in [6.07, 6.45) is 2.10. The molecule has 4 nitrogen and oxygen atoms in total. The molecule has 1 aromatic carbocycles. The first-order valence-electron chi connectivity index (χ1n) is 7.28. The van der Waals surface area contributed by atoms with E-state index < -0.39 is 17.6 Å². The Morgan fingerprint density at radius 2 is 2.00 bits per heavy atom. The summed E-state index contributed by atoms with van der Waals surface area (Å²) < 4.78 is 0. The van der Waals surface area contributed by atoms with Crippen LogP contribution in [0.2, 0.25) is 0 Å². The Morgan fingerprint density at radius 1 is 1.35 bits per heavy atom. The molecule has 0 saturated heterocycles. The van der Waals surface area contributed by atoms with E-state index in [4.69, 9.17) is 0 Å². The molecule has 1 atom stereocenters. The van der Waals surface area contributed by atoms with E-state index in [1.807, 2.05) is 43.0 Å². The van der Waals surface area contributed by atoms with Gasteiger partial charge in [-0.15, -0.1) is 0 Å². The molecule has 20 heavy (non-hydrogen) atoms. The van der Waals surface area contributed by atoms with Crippen LogP contribution < -0.4 is 0 Å². The molecule has 1 aliphatic heterocycles. The van der Waals surface area contributed by atoms with Crippen molar-refractivity contribution in [3.8, 4) is 0 Å². The number of β-amino-alcohol motifs (C(OH)–C–C–N with tert-alkyl or cyclic N) is 1. The number of carboxylic acid groups (broad SMARTS) is 1. The molecule has 0 saturated carbocycles. The molecule has 1 aromatic rings. The van der Waals surface area contributed by atoms with Crippen LogP contribution in [0.25, 0.3) is 0 Å². The van der Waals surface area contributed by atoms with Crippen LogP contribution in [-0.2, 0) is 11.2 Å². The summed E-state index contributed by atoms with van der Waals surface area (Å²) in [6, 6.07) is 7.06. The van der Waals surface area contributed by atoms with Gasteiger partial charge >= 0.3 is 5.97 Å². The van der Waals surface area contributed by atoms with Crippen molar-refractivity contribution in [2.45, 2.75) is 44.8 Å². The van der Waals surface area contributed by atoms with Gasteiger partial charge in [-0.25, -0.2) is 0 Å². The van der Waals surface area contributed by atoms with Crippen LogP contribution in [-0.4, -0.2) is 39.8 Å². The Hall–Kier alpha value is -1.39. The van der Waals surface area contributed by atoms with Crippen LogP contribution in [0.4, 0.5) is 0 Å². The Balaban J connectivity index is 2.29. The van der Waals surface area contributed by atoms with Gasteiger partial charge in [0.1, 0.15) is 6.04 Å². The summed E-state index contributed by atoms with van der Waals surface area (Å²) in [4.78, 5) is 13.6. The second-order valence-corrected chi connectivity index (χ2v) is 5.59. The second kappa shape index (κ2) is 5.94. The third-order valence-electron chi connectivity index (χ3n) is 4.43. The minimum atomic E-state index is -0.841. The van der Waals surface area contributed by atoms with Crippen molar-refractivity contribution in [3.05, 3.63) is 35.4 Å². The zero-order valence-corrected chi connectivity index (χ0v) is 12.2. The van der Waals surface area contributed by atoms with Gasteiger partial charge in [-0.05, 0) is 30.4 Å². The molecule has 0 radical (unpaired) electrons. The maximum Gasteiger partial charge on any atom is 0.325 e. The molecule has 0 aromatic heterocycles. The van der Waals surface area contributed by atoms with Crippen molar-refractivity contribution < 1.29 is 15.0 Å². The Labute approximate surface area is 120 Å². The van der Waals surface area contributed by atoms with E-state index in [0.29, 0.717) is 25.9 Å². The van der Waals surface area contributed by atoms with E-state index in [0.717, 1.165) is 17.5 Å². The molecule has 1 heterocycles. The van der Waals surface area contributed by atoms with Crippen LogP contribution in [0.1, 0.15) is 43.9 Å². The average molecular weight is 277 g/mol. The molecule has 2 rings (SSSR count). The number of aliphatic hydroxyl groups is 1. The van der Waals surface area contributed by atoms with Gasteiger partial charge in [-0.2, -0.15) is 0 Å². The van der Waals surface area contributed by atoms with E-state index in [9.17, 15) is 15.0 Å². The number of hydrogen-bond acceptors (Lipinski definition) is 3. The van der Waals surface area contributed by atoms with Gasteiger partial charge in [0, 0.05) is 13.1 Å². The van der Waals surface area contributed by atoms with Crippen molar-refractivity contribution in [2.24, 2.45) is 0 Å². The zero-order valence-electron chi connectivity index (χ0n) is 12.2. The molecular formula is C16H23NO3. The standard InChI is InChI=1S/C16H23NO3/c1-3-16(20,4-2)11-17-10-9-12-7-5-6-8-13(12)14(17)15(18)19/h5-8,14,20H,3-4,9-11H2,1-2H3,(H,18,19). The topological polar surface area (TPSA) is 60.8 Å². The number of fused-ring (bicyclic) bond motifs is 1. The molecule has 1 aliphatic rings. The highest BCUT2D eigenvalue weighted by Gasteiger charge is 2.36. The predicted molar refractivity (Wildman–Crippen MR) is 77.6 cm³/mol. The smallest absolute Gasteiger partial charge is 0.325 e. The number of benzene rings is 1. The van der Waals surface area contributed by atoms with Crippen LogP contribution in [0.5, 0.6) is 0 Å². The number of carboxylic acids is 1. The van der Waals surface area contributed by atoms with E-state index in [2.05, 4.69) is 0 Å². The fourth-order valence-electron chi connectivity index (χ4n) is 2.93. The summed E-state index contributed by atoms with van der Waals surface area (Å²) in [7, 11) is 0. The summed E-state index contributed by atoms with van der Waals surface area (Å²) in [5.74, 6) is -0.841. The van der Waals surface area contributed by atoms with Gasteiger partial charge in [0.2, 0.25) is 0 Å². The number of rotatable bonds is 5. The van der Waals surface area contributed by atoms with Crippen molar-refractivity contribution in [1.82, 2.24) is 4.90 Å². The number of aliphatic carboxylic acids is 1. The van der Waals surface area contributed by atoms with Gasteiger partial charge < -0.3 is 10.2 Å². The largest absolute Gasteiger partial charge is 0.480 e. The van der Waals surface area contributed by atoms with Gasteiger partial charge in [0.15, 0.2) is 0 Å².